The van der Waals surface area contributed by atoms with E-state index in [0.29, 0.717) is 5.92 Å². The predicted molar refractivity (Wildman–Crippen MR) is 96.5 cm³/mol. The lowest BCUT2D eigenvalue weighted by Gasteiger charge is -2.22. The Hall–Kier alpha value is -1.36. The summed E-state index contributed by atoms with van der Waals surface area (Å²) in [4.78, 5) is 12.4. The number of hydrogen-bond donors (Lipinski definition) is 1. The van der Waals surface area contributed by atoms with Crippen LogP contribution >= 0.6 is 0 Å². The minimum atomic E-state index is -1.04. The van der Waals surface area contributed by atoms with E-state index in [2.05, 4.69) is 5.32 Å². The number of carbonyl (C=O) groups is 1. The largest absolute Gasteiger partial charge is 0.497 e. The number of rotatable bonds is 7. The van der Waals surface area contributed by atoms with Crippen molar-refractivity contribution < 1.29 is 13.7 Å². The van der Waals surface area contributed by atoms with Crippen molar-refractivity contribution in [2.75, 3.05) is 12.9 Å². The summed E-state index contributed by atoms with van der Waals surface area (Å²) in [6.45, 7) is 0. The van der Waals surface area contributed by atoms with E-state index < -0.39 is 10.8 Å². The minimum absolute atomic E-state index is 0.0340. The molecule has 0 unspecified atom stereocenters. The third-order valence-electron chi connectivity index (χ3n) is 5.08. The number of hydrogen-bond acceptors (Lipinski definition) is 3. The average molecular weight is 349 g/mol. The first-order chi connectivity index (χ1) is 11.7. The number of methoxy groups -OCH3 is 1. The zero-order valence-electron chi connectivity index (χ0n) is 14.3. The Labute approximate surface area is 146 Å². The van der Waals surface area contributed by atoms with E-state index in [4.69, 9.17) is 4.74 Å². The van der Waals surface area contributed by atoms with Gasteiger partial charge >= 0.3 is 0 Å². The van der Waals surface area contributed by atoms with E-state index in [-0.39, 0.29) is 23.0 Å². The van der Waals surface area contributed by atoms with Gasteiger partial charge in [0, 0.05) is 16.0 Å². The van der Waals surface area contributed by atoms with Gasteiger partial charge in [0.15, 0.2) is 0 Å². The lowest BCUT2D eigenvalue weighted by Crippen LogP contribution is -2.35. The first kappa shape index (κ1) is 17.5. The highest BCUT2D eigenvalue weighted by Crippen LogP contribution is 2.41. The van der Waals surface area contributed by atoms with Gasteiger partial charge in [-0.05, 0) is 49.3 Å². The van der Waals surface area contributed by atoms with Gasteiger partial charge in [-0.25, -0.2) is 0 Å². The van der Waals surface area contributed by atoms with Crippen molar-refractivity contribution >= 4 is 16.7 Å². The van der Waals surface area contributed by atoms with Crippen molar-refractivity contribution in [3.63, 3.8) is 0 Å². The first-order valence-corrected chi connectivity index (χ1v) is 10.4. The van der Waals surface area contributed by atoms with Crippen LogP contribution in [0.5, 0.6) is 5.75 Å². The molecular formula is C19H27NO3S. The molecule has 1 aromatic carbocycles. The van der Waals surface area contributed by atoms with E-state index >= 15 is 0 Å². The molecule has 0 spiro atoms. The van der Waals surface area contributed by atoms with Gasteiger partial charge in [-0.15, -0.1) is 0 Å². The van der Waals surface area contributed by atoms with Gasteiger partial charge in [0.2, 0.25) is 5.91 Å². The fraction of sp³-hybridized carbons (Fsp3) is 0.632. The van der Waals surface area contributed by atoms with Crippen molar-refractivity contribution in [2.24, 2.45) is 5.92 Å². The molecule has 1 aromatic rings. The highest BCUT2D eigenvalue weighted by molar-refractivity contribution is 7.86. The summed E-state index contributed by atoms with van der Waals surface area (Å²) >= 11 is 0. The minimum Gasteiger partial charge on any atom is -0.497 e. The van der Waals surface area contributed by atoms with Crippen LogP contribution in [0.3, 0.4) is 0 Å². The van der Waals surface area contributed by atoms with Crippen LogP contribution in [0.1, 0.15) is 56.6 Å². The maximum absolute atomic E-state index is 12.4. The monoisotopic (exact) mass is 349 g/mol. The Morgan fingerprint density at radius 3 is 2.42 bits per heavy atom. The van der Waals surface area contributed by atoms with E-state index in [9.17, 15) is 9.00 Å². The van der Waals surface area contributed by atoms with Crippen LogP contribution in [0.2, 0.25) is 0 Å². The molecule has 1 N–H and O–H groups in total. The van der Waals surface area contributed by atoms with Crippen LogP contribution in [-0.2, 0) is 15.6 Å². The van der Waals surface area contributed by atoms with Crippen LogP contribution < -0.4 is 10.1 Å². The van der Waals surface area contributed by atoms with E-state index in [1.54, 1.807) is 7.11 Å². The second-order valence-corrected chi connectivity index (χ2v) is 8.66. The molecular weight excluding hydrogens is 322 g/mol. The molecule has 1 amide bonds. The molecule has 0 saturated heterocycles. The third kappa shape index (κ3) is 4.59. The summed E-state index contributed by atoms with van der Waals surface area (Å²) in [7, 11) is 0.609. The Morgan fingerprint density at radius 1 is 1.17 bits per heavy atom. The van der Waals surface area contributed by atoms with Crippen molar-refractivity contribution in [3.05, 3.63) is 29.8 Å². The first-order valence-electron chi connectivity index (χ1n) is 8.98. The van der Waals surface area contributed by atoms with Gasteiger partial charge < -0.3 is 10.1 Å². The molecule has 2 aliphatic rings. The van der Waals surface area contributed by atoms with Crippen molar-refractivity contribution in [1.29, 1.82) is 0 Å². The summed E-state index contributed by atoms with van der Waals surface area (Å²) in [6.07, 6.45) is 7.82. The average Bonchev–Trinajstić information content (AvgIpc) is 3.45. The zero-order valence-corrected chi connectivity index (χ0v) is 15.1. The molecule has 2 atom stereocenters. The van der Waals surface area contributed by atoms with Crippen LogP contribution in [0.25, 0.3) is 0 Å². The van der Waals surface area contributed by atoms with E-state index in [0.717, 1.165) is 49.8 Å². The Morgan fingerprint density at radius 2 is 1.83 bits per heavy atom. The topological polar surface area (TPSA) is 55.4 Å². The molecule has 5 heteroatoms. The second-order valence-electron chi connectivity index (χ2n) is 6.94. The van der Waals surface area contributed by atoms with Crippen molar-refractivity contribution in [1.82, 2.24) is 5.32 Å². The standard InChI is InChI=1S/C19H27NO3S/c1-23-16-11-9-15(10-12-16)19(14-7-8-14)20-18(21)13-24(22)17-5-3-2-4-6-17/h9-12,14,17,19H,2-8,13H2,1H3,(H,20,21)/t19-,24-/m0/s1. The van der Waals surface area contributed by atoms with Crippen LogP contribution in [0.4, 0.5) is 0 Å². The normalized spacial score (nSPS) is 21.0. The molecule has 24 heavy (non-hydrogen) atoms. The molecule has 0 heterocycles. The summed E-state index contributed by atoms with van der Waals surface area (Å²) in [5, 5.41) is 3.34. The number of carbonyl (C=O) groups excluding carboxylic acids is 1. The fourth-order valence-corrected chi connectivity index (χ4v) is 4.94. The lowest BCUT2D eigenvalue weighted by molar-refractivity contribution is -0.119. The predicted octanol–water partition coefficient (Wildman–Crippen LogP) is 3.34. The summed E-state index contributed by atoms with van der Waals surface area (Å²) in [5.41, 5.74) is 1.11. The Kier molecular flexibility index (Phi) is 5.93. The molecule has 0 aromatic heterocycles. The van der Waals surface area contributed by atoms with Crippen LogP contribution in [-0.4, -0.2) is 28.2 Å². The molecule has 0 radical (unpaired) electrons. The second kappa shape index (κ2) is 8.15. The van der Waals surface area contributed by atoms with Gasteiger partial charge in [0.25, 0.3) is 0 Å². The number of amides is 1. The van der Waals surface area contributed by atoms with E-state index in [1.807, 2.05) is 24.3 Å². The summed E-state index contributed by atoms with van der Waals surface area (Å²) in [6, 6.07) is 7.92. The third-order valence-corrected chi connectivity index (χ3v) is 6.84. The highest BCUT2D eigenvalue weighted by atomic mass is 32.2. The van der Waals surface area contributed by atoms with Crippen LogP contribution in [0.15, 0.2) is 24.3 Å². The maximum atomic E-state index is 12.4. The summed E-state index contributed by atoms with van der Waals surface area (Å²) in [5.74, 6) is 1.39. The molecule has 2 aliphatic carbocycles. The summed E-state index contributed by atoms with van der Waals surface area (Å²) < 4.78 is 17.6. The molecule has 3 rings (SSSR count). The zero-order chi connectivity index (χ0) is 16.9. The molecule has 2 fully saturated rings. The molecule has 2 saturated carbocycles. The maximum Gasteiger partial charge on any atom is 0.233 e. The van der Waals surface area contributed by atoms with Gasteiger partial charge in [0.05, 0.1) is 13.2 Å². The Balaban J connectivity index is 1.58. The van der Waals surface area contributed by atoms with Crippen molar-refractivity contribution in [3.8, 4) is 5.75 Å². The fourth-order valence-electron chi connectivity index (χ4n) is 3.50. The molecule has 4 nitrogen and oxygen atoms in total. The molecule has 132 valence electrons. The van der Waals surface area contributed by atoms with Gasteiger partial charge in [-0.3, -0.25) is 9.00 Å². The number of nitrogens with one attached hydrogen (secondary N) is 1. The smallest absolute Gasteiger partial charge is 0.233 e. The Bertz CT molecular complexity index is 577. The van der Waals surface area contributed by atoms with Gasteiger partial charge in [0.1, 0.15) is 11.5 Å². The van der Waals surface area contributed by atoms with Gasteiger partial charge in [-0.2, -0.15) is 0 Å². The SMILES string of the molecule is COc1ccc([C@@H](NC(=O)C[S@](=O)C2CCCCC2)C2CC2)cc1. The highest BCUT2D eigenvalue weighted by Gasteiger charge is 2.34. The number of ether oxygens (including phenoxy) is 1. The quantitative estimate of drug-likeness (QED) is 0.821. The van der Waals surface area contributed by atoms with Crippen LogP contribution in [0, 0.1) is 5.92 Å². The van der Waals surface area contributed by atoms with E-state index in [1.165, 1.54) is 6.42 Å². The van der Waals surface area contributed by atoms with Crippen molar-refractivity contribution in [2.45, 2.75) is 56.2 Å². The van der Waals surface area contributed by atoms with Gasteiger partial charge in [-0.1, -0.05) is 31.4 Å². The molecule has 0 bridgehead atoms. The number of benzene rings is 1. The lowest BCUT2D eigenvalue weighted by atomic mass is 10.0. The molecule has 0 aliphatic heterocycles.